The highest BCUT2D eigenvalue weighted by Gasteiger charge is 2.09. The van der Waals surface area contributed by atoms with Crippen LogP contribution in [0, 0.1) is 13.8 Å². The zero-order valence-corrected chi connectivity index (χ0v) is 12.3. The van der Waals surface area contributed by atoms with Crippen molar-refractivity contribution in [2.45, 2.75) is 27.7 Å². The zero-order chi connectivity index (χ0) is 13.1. The van der Waals surface area contributed by atoms with Crippen LogP contribution in [-0.4, -0.2) is 18.1 Å². The van der Waals surface area contributed by atoms with E-state index in [1.807, 2.05) is 0 Å². The minimum absolute atomic E-state index is 1.04. The molecule has 96 valence electrons. The summed E-state index contributed by atoms with van der Waals surface area (Å²) in [6.45, 7) is 10.7. The number of nitrogens with zero attached hydrogens (tertiary/aromatic N) is 2. The van der Waals surface area contributed by atoms with E-state index >= 15 is 0 Å². The molecule has 18 heavy (non-hydrogen) atoms. The van der Waals surface area contributed by atoms with Crippen LogP contribution in [0.1, 0.15) is 23.7 Å². The maximum absolute atomic E-state index is 4.63. The van der Waals surface area contributed by atoms with Gasteiger partial charge in [-0.3, -0.25) is 0 Å². The highest BCUT2D eigenvalue weighted by molar-refractivity contribution is 7.11. The molecule has 1 aromatic carbocycles. The number of anilines is 1. The molecule has 0 unspecified atom stereocenters. The molecule has 2 aromatic rings. The number of rotatable bonds is 4. The van der Waals surface area contributed by atoms with E-state index in [2.05, 4.69) is 61.8 Å². The van der Waals surface area contributed by atoms with Crippen LogP contribution in [-0.2, 0) is 0 Å². The highest BCUT2D eigenvalue weighted by atomic mass is 32.1. The Kier molecular flexibility index (Phi) is 4.02. The topological polar surface area (TPSA) is 16.1 Å². The summed E-state index contributed by atoms with van der Waals surface area (Å²) in [4.78, 5) is 8.29. The molecule has 0 radical (unpaired) electrons. The molecule has 0 aliphatic heterocycles. The van der Waals surface area contributed by atoms with Crippen molar-refractivity contribution >= 4 is 17.0 Å². The van der Waals surface area contributed by atoms with Gasteiger partial charge in [0.25, 0.3) is 0 Å². The van der Waals surface area contributed by atoms with Crippen molar-refractivity contribution in [3.8, 4) is 11.3 Å². The van der Waals surface area contributed by atoms with E-state index in [0.717, 1.165) is 23.8 Å². The second-order valence-electron chi connectivity index (χ2n) is 4.36. The van der Waals surface area contributed by atoms with Crippen molar-refractivity contribution < 1.29 is 0 Å². The monoisotopic (exact) mass is 260 g/mol. The van der Waals surface area contributed by atoms with Gasteiger partial charge in [0.05, 0.1) is 10.7 Å². The van der Waals surface area contributed by atoms with Crippen LogP contribution in [0.25, 0.3) is 11.3 Å². The average Bonchev–Trinajstić information content (AvgIpc) is 2.70. The molecule has 0 amide bonds. The molecule has 2 nitrogen and oxygen atoms in total. The molecule has 0 saturated carbocycles. The van der Waals surface area contributed by atoms with E-state index in [9.17, 15) is 0 Å². The standard InChI is InChI=1S/C15H20N2S/c1-5-17(6-2)14-9-7-8-13(10-14)15-11(3)18-12(4)16-15/h7-10H,5-6H2,1-4H3. The van der Waals surface area contributed by atoms with Gasteiger partial charge in [-0.25, -0.2) is 4.98 Å². The largest absolute Gasteiger partial charge is 0.372 e. The lowest BCUT2D eigenvalue weighted by Gasteiger charge is -2.21. The van der Waals surface area contributed by atoms with Gasteiger partial charge in [-0.1, -0.05) is 12.1 Å². The predicted octanol–water partition coefficient (Wildman–Crippen LogP) is 4.27. The molecule has 0 saturated heterocycles. The Labute approximate surface area is 113 Å². The summed E-state index contributed by atoms with van der Waals surface area (Å²) in [5.74, 6) is 0. The molecule has 0 aliphatic rings. The lowest BCUT2D eigenvalue weighted by molar-refractivity contribution is 0.866. The third-order valence-corrected chi connectivity index (χ3v) is 4.04. The molecular formula is C15H20N2S. The van der Waals surface area contributed by atoms with Crippen LogP contribution in [0.15, 0.2) is 24.3 Å². The number of thiazole rings is 1. The van der Waals surface area contributed by atoms with Crippen molar-refractivity contribution in [1.29, 1.82) is 0 Å². The minimum Gasteiger partial charge on any atom is -0.372 e. The minimum atomic E-state index is 1.04. The summed E-state index contributed by atoms with van der Waals surface area (Å²) in [5, 5.41) is 1.13. The van der Waals surface area contributed by atoms with Crippen molar-refractivity contribution in [2.75, 3.05) is 18.0 Å². The van der Waals surface area contributed by atoms with E-state index in [1.165, 1.54) is 16.1 Å². The fraction of sp³-hybridized carbons (Fsp3) is 0.400. The molecule has 0 aliphatic carbocycles. The number of hydrogen-bond acceptors (Lipinski definition) is 3. The molecule has 1 heterocycles. The first-order chi connectivity index (χ1) is 8.65. The molecule has 2 rings (SSSR count). The maximum atomic E-state index is 4.63. The van der Waals surface area contributed by atoms with Gasteiger partial charge in [-0.15, -0.1) is 11.3 Å². The molecule has 1 aromatic heterocycles. The van der Waals surface area contributed by atoms with Gasteiger partial charge in [-0.05, 0) is 39.8 Å². The Hall–Kier alpha value is -1.35. The summed E-state index contributed by atoms with van der Waals surface area (Å²) in [6.07, 6.45) is 0. The molecule has 0 spiro atoms. The van der Waals surface area contributed by atoms with Gasteiger partial charge in [0.2, 0.25) is 0 Å². The molecule has 0 bridgehead atoms. The van der Waals surface area contributed by atoms with Gasteiger partial charge < -0.3 is 4.90 Å². The summed E-state index contributed by atoms with van der Waals surface area (Å²) < 4.78 is 0. The van der Waals surface area contributed by atoms with Gasteiger partial charge in [-0.2, -0.15) is 0 Å². The summed E-state index contributed by atoms with van der Waals surface area (Å²) in [7, 11) is 0. The second kappa shape index (κ2) is 5.53. The number of aromatic nitrogens is 1. The summed E-state index contributed by atoms with van der Waals surface area (Å²) >= 11 is 1.77. The Bertz CT molecular complexity index is 527. The maximum Gasteiger partial charge on any atom is 0.0904 e. The van der Waals surface area contributed by atoms with Gasteiger partial charge in [0.15, 0.2) is 0 Å². The van der Waals surface area contributed by atoms with Crippen LogP contribution >= 0.6 is 11.3 Å². The predicted molar refractivity (Wildman–Crippen MR) is 80.6 cm³/mol. The first kappa shape index (κ1) is 13.1. The van der Waals surface area contributed by atoms with Crippen molar-refractivity contribution in [1.82, 2.24) is 4.98 Å². The summed E-state index contributed by atoms with van der Waals surface area (Å²) in [6, 6.07) is 8.69. The number of hydrogen-bond donors (Lipinski definition) is 0. The van der Waals surface area contributed by atoms with E-state index < -0.39 is 0 Å². The van der Waals surface area contributed by atoms with E-state index in [0.29, 0.717) is 0 Å². The Morgan fingerprint density at radius 1 is 1.17 bits per heavy atom. The fourth-order valence-electron chi connectivity index (χ4n) is 2.24. The van der Waals surface area contributed by atoms with E-state index in [-0.39, 0.29) is 0 Å². The lowest BCUT2D eigenvalue weighted by Crippen LogP contribution is -2.21. The second-order valence-corrected chi connectivity index (χ2v) is 5.77. The van der Waals surface area contributed by atoms with Crippen molar-refractivity contribution in [3.05, 3.63) is 34.2 Å². The molecule has 0 fully saturated rings. The lowest BCUT2D eigenvalue weighted by atomic mass is 10.1. The smallest absolute Gasteiger partial charge is 0.0904 e. The number of aryl methyl sites for hydroxylation is 2. The molecular weight excluding hydrogens is 240 g/mol. The highest BCUT2D eigenvalue weighted by Crippen LogP contribution is 2.29. The van der Waals surface area contributed by atoms with Crippen LogP contribution in [0.3, 0.4) is 0 Å². The van der Waals surface area contributed by atoms with Crippen molar-refractivity contribution in [2.24, 2.45) is 0 Å². The van der Waals surface area contributed by atoms with Crippen LogP contribution in [0.4, 0.5) is 5.69 Å². The quantitative estimate of drug-likeness (QED) is 0.816. The first-order valence-electron chi connectivity index (χ1n) is 6.45. The third-order valence-electron chi connectivity index (χ3n) is 3.15. The molecule has 0 N–H and O–H groups in total. The van der Waals surface area contributed by atoms with Gasteiger partial charge in [0.1, 0.15) is 0 Å². The van der Waals surface area contributed by atoms with Crippen molar-refractivity contribution in [3.63, 3.8) is 0 Å². The van der Waals surface area contributed by atoms with Gasteiger partial charge >= 0.3 is 0 Å². The molecule has 3 heteroatoms. The van der Waals surface area contributed by atoms with Gasteiger partial charge in [0, 0.05) is 29.2 Å². The van der Waals surface area contributed by atoms with Crippen LogP contribution in [0.2, 0.25) is 0 Å². The van der Waals surface area contributed by atoms with E-state index in [4.69, 9.17) is 0 Å². The zero-order valence-electron chi connectivity index (χ0n) is 11.5. The van der Waals surface area contributed by atoms with Crippen LogP contribution < -0.4 is 4.90 Å². The Morgan fingerprint density at radius 2 is 1.89 bits per heavy atom. The first-order valence-corrected chi connectivity index (χ1v) is 7.26. The SMILES string of the molecule is CCN(CC)c1cccc(-c2nc(C)sc2C)c1. The van der Waals surface area contributed by atoms with E-state index in [1.54, 1.807) is 11.3 Å². The number of benzene rings is 1. The normalized spacial score (nSPS) is 10.7. The average molecular weight is 260 g/mol. The third kappa shape index (κ3) is 2.56. The summed E-state index contributed by atoms with van der Waals surface area (Å²) in [5.41, 5.74) is 3.63. The Morgan fingerprint density at radius 3 is 2.44 bits per heavy atom. The fourth-order valence-corrected chi connectivity index (χ4v) is 3.08. The Balaban J connectivity index is 2.41. The van der Waals surface area contributed by atoms with Crippen LogP contribution in [0.5, 0.6) is 0 Å². The molecule has 0 atom stereocenters.